The van der Waals surface area contributed by atoms with Gasteiger partial charge in [0.2, 0.25) is 0 Å². The van der Waals surface area contributed by atoms with Crippen LogP contribution in [0.5, 0.6) is 0 Å². The fraction of sp³-hybridized carbons (Fsp3) is 0.846. The van der Waals surface area contributed by atoms with Gasteiger partial charge in [-0.1, -0.05) is 26.7 Å². The first-order chi connectivity index (χ1) is 8.17. The number of carboxylic acid groups (broad SMARTS) is 1. The van der Waals surface area contributed by atoms with Gasteiger partial charge in [0.05, 0.1) is 0 Å². The summed E-state index contributed by atoms with van der Waals surface area (Å²) in [4.78, 5) is 22.7. The third-order valence-corrected chi connectivity index (χ3v) is 2.52. The maximum atomic E-state index is 11.6. The van der Waals surface area contributed by atoms with E-state index in [1.54, 1.807) is 20.8 Å². The van der Waals surface area contributed by atoms with Gasteiger partial charge in [0, 0.05) is 0 Å². The van der Waals surface area contributed by atoms with Crippen molar-refractivity contribution >= 4 is 12.1 Å². The highest BCUT2D eigenvalue weighted by molar-refractivity contribution is 5.80. The molecular formula is C13H25NO4. The maximum Gasteiger partial charge on any atom is 0.408 e. The molecule has 5 nitrogen and oxygen atoms in total. The molecule has 0 aliphatic carbocycles. The van der Waals surface area contributed by atoms with Crippen LogP contribution in [0.4, 0.5) is 4.79 Å². The van der Waals surface area contributed by atoms with E-state index in [2.05, 4.69) is 5.32 Å². The van der Waals surface area contributed by atoms with Crippen molar-refractivity contribution in [3.05, 3.63) is 0 Å². The van der Waals surface area contributed by atoms with Gasteiger partial charge >= 0.3 is 12.1 Å². The highest BCUT2D eigenvalue weighted by atomic mass is 16.6. The molecule has 1 amide bonds. The first-order valence-electron chi connectivity index (χ1n) is 6.39. The van der Waals surface area contributed by atoms with Crippen molar-refractivity contribution in [2.45, 2.75) is 65.5 Å². The van der Waals surface area contributed by atoms with E-state index < -0.39 is 23.7 Å². The molecule has 2 N–H and O–H groups in total. The van der Waals surface area contributed by atoms with E-state index in [0.29, 0.717) is 0 Å². The Bertz CT molecular complexity index is 283. The summed E-state index contributed by atoms with van der Waals surface area (Å²) in [6.07, 6.45) is 2.03. The van der Waals surface area contributed by atoms with E-state index in [4.69, 9.17) is 9.84 Å². The van der Waals surface area contributed by atoms with Gasteiger partial charge < -0.3 is 15.2 Å². The van der Waals surface area contributed by atoms with Gasteiger partial charge in [0.1, 0.15) is 11.6 Å². The average molecular weight is 259 g/mol. The molecule has 0 aromatic heterocycles. The number of alkyl carbamates (subject to hydrolysis) is 1. The molecule has 18 heavy (non-hydrogen) atoms. The van der Waals surface area contributed by atoms with E-state index in [-0.39, 0.29) is 5.92 Å². The molecule has 0 saturated heterocycles. The molecular weight excluding hydrogens is 234 g/mol. The van der Waals surface area contributed by atoms with Crippen molar-refractivity contribution in [1.29, 1.82) is 0 Å². The van der Waals surface area contributed by atoms with Gasteiger partial charge in [-0.3, -0.25) is 0 Å². The molecule has 0 heterocycles. The van der Waals surface area contributed by atoms with Crippen molar-refractivity contribution in [1.82, 2.24) is 5.32 Å². The smallest absolute Gasteiger partial charge is 0.408 e. The number of carbonyl (C=O) groups excluding carboxylic acids is 1. The van der Waals surface area contributed by atoms with Crippen LogP contribution in [0.2, 0.25) is 0 Å². The second-order valence-electron chi connectivity index (χ2n) is 5.58. The van der Waals surface area contributed by atoms with E-state index in [1.807, 2.05) is 13.8 Å². The number of amides is 1. The summed E-state index contributed by atoms with van der Waals surface area (Å²) in [5.41, 5.74) is -0.625. The third-order valence-electron chi connectivity index (χ3n) is 2.52. The maximum absolute atomic E-state index is 11.6. The van der Waals surface area contributed by atoms with Crippen LogP contribution in [0.1, 0.15) is 53.9 Å². The highest BCUT2D eigenvalue weighted by Gasteiger charge is 2.28. The van der Waals surface area contributed by atoms with Crippen LogP contribution in [-0.4, -0.2) is 28.8 Å². The molecule has 0 fully saturated rings. The molecule has 0 aromatic rings. The van der Waals surface area contributed by atoms with Crippen molar-refractivity contribution < 1.29 is 19.4 Å². The number of aliphatic carboxylic acids is 1. The molecule has 0 aromatic carbocycles. The predicted molar refractivity (Wildman–Crippen MR) is 69.5 cm³/mol. The zero-order valence-corrected chi connectivity index (χ0v) is 11.9. The molecule has 0 radical (unpaired) electrons. The van der Waals surface area contributed by atoms with Gasteiger partial charge in [0.15, 0.2) is 0 Å². The minimum absolute atomic E-state index is 0.116. The Morgan fingerprint density at radius 2 is 1.89 bits per heavy atom. The van der Waals surface area contributed by atoms with Gasteiger partial charge in [0.25, 0.3) is 0 Å². The third kappa shape index (κ3) is 7.14. The normalized spacial score (nSPS) is 14.7. The molecule has 0 aliphatic heterocycles. The van der Waals surface area contributed by atoms with Crippen LogP contribution in [0, 0.1) is 5.92 Å². The first-order valence-corrected chi connectivity index (χ1v) is 6.39. The number of carboxylic acids is 1. The largest absolute Gasteiger partial charge is 0.480 e. The van der Waals surface area contributed by atoms with Crippen molar-refractivity contribution in [2.24, 2.45) is 5.92 Å². The van der Waals surface area contributed by atoms with E-state index >= 15 is 0 Å². The van der Waals surface area contributed by atoms with Crippen molar-refractivity contribution in [3.8, 4) is 0 Å². The minimum atomic E-state index is -1.02. The lowest BCUT2D eigenvalue weighted by atomic mass is 9.96. The Morgan fingerprint density at radius 1 is 1.33 bits per heavy atom. The van der Waals surface area contributed by atoms with Gasteiger partial charge in [-0.15, -0.1) is 0 Å². The molecule has 2 unspecified atom stereocenters. The van der Waals surface area contributed by atoms with Crippen LogP contribution >= 0.6 is 0 Å². The number of hydrogen-bond donors (Lipinski definition) is 2. The monoisotopic (exact) mass is 259 g/mol. The Balaban J connectivity index is 4.44. The molecule has 5 heteroatoms. The summed E-state index contributed by atoms with van der Waals surface area (Å²) >= 11 is 0. The molecule has 0 rings (SSSR count). The highest BCUT2D eigenvalue weighted by Crippen LogP contribution is 2.14. The van der Waals surface area contributed by atoms with Gasteiger partial charge in [-0.2, -0.15) is 0 Å². The molecule has 0 aliphatic rings. The van der Waals surface area contributed by atoms with Crippen LogP contribution < -0.4 is 5.32 Å². The Labute approximate surface area is 109 Å². The molecule has 0 saturated carbocycles. The standard InChI is InChI=1S/C13H25NO4/c1-6-7-8-9(2)10(11(15)16)14-12(17)18-13(3,4)5/h9-10H,6-8H2,1-5H3,(H,14,17)(H,15,16). The Kier molecular flexibility index (Phi) is 6.73. The summed E-state index contributed by atoms with van der Waals surface area (Å²) in [6.45, 7) is 9.09. The minimum Gasteiger partial charge on any atom is -0.480 e. The van der Waals surface area contributed by atoms with Crippen molar-refractivity contribution in [2.75, 3.05) is 0 Å². The summed E-state index contributed by atoms with van der Waals surface area (Å²) in [7, 11) is 0. The predicted octanol–water partition coefficient (Wildman–Crippen LogP) is 2.79. The molecule has 106 valence electrons. The Morgan fingerprint density at radius 3 is 2.28 bits per heavy atom. The van der Waals surface area contributed by atoms with Crippen LogP contribution in [0.25, 0.3) is 0 Å². The lowest BCUT2D eigenvalue weighted by Crippen LogP contribution is -2.47. The summed E-state index contributed by atoms with van der Waals surface area (Å²) in [6, 6.07) is -0.897. The SMILES string of the molecule is CCCCC(C)C(NC(=O)OC(C)(C)C)C(=O)O. The summed E-state index contributed by atoms with van der Waals surface area (Å²) < 4.78 is 5.06. The van der Waals surface area contributed by atoms with Gasteiger partial charge in [-0.25, -0.2) is 9.59 Å². The zero-order chi connectivity index (χ0) is 14.3. The summed E-state index contributed by atoms with van der Waals surface area (Å²) in [5.74, 6) is -1.14. The first kappa shape index (κ1) is 16.7. The number of nitrogens with one attached hydrogen (secondary N) is 1. The number of ether oxygens (including phenoxy) is 1. The van der Waals surface area contributed by atoms with Gasteiger partial charge in [-0.05, 0) is 33.1 Å². The van der Waals surface area contributed by atoms with E-state index in [1.165, 1.54) is 0 Å². The molecule has 0 bridgehead atoms. The second kappa shape index (κ2) is 7.24. The van der Waals surface area contributed by atoms with Crippen LogP contribution in [0.3, 0.4) is 0 Å². The lowest BCUT2D eigenvalue weighted by molar-refractivity contribution is -0.140. The van der Waals surface area contributed by atoms with Crippen LogP contribution in [0.15, 0.2) is 0 Å². The topological polar surface area (TPSA) is 75.6 Å². The van der Waals surface area contributed by atoms with Crippen LogP contribution in [-0.2, 0) is 9.53 Å². The zero-order valence-electron chi connectivity index (χ0n) is 11.9. The van der Waals surface area contributed by atoms with E-state index in [9.17, 15) is 9.59 Å². The van der Waals surface area contributed by atoms with Crippen molar-refractivity contribution in [3.63, 3.8) is 0 Å². The quantitative estimate of drug-likeness (QED) is 0.769. The molecule has 0 spiro atoms. The summed E-state index contributed by atoms with van der Waals surface area (Å²) in [5, 5.41) is 11.5. The fourth-order valence-electron chi connectivity index (χ4n) is 1.57. The van der Waals surface area contributed by atoms with E-state index in [0.717, 1.165) is 19.3 Å². The fourth-order valence-corrected chi connectivity index (χ4v) is 1.57. The average Bonchev–Trinajstić information content (AvgIpc) is 2.19. The number of unbranched alkanes of at least 4 members (excludes halogenated alkanes) is 1. The lowest BCUT2D eigenvalue weighted by Gasteiger charge is -2.24. The number of carbonyl (C=O) groups is 2. The Hall–Kier alpha value is -1.26. The molecule has 2 atom stereocenters. The second-order valence-corrected chi connectivity index (χ2v) is 5.58. The number of rotatable bonds is 6. The number of hydrogen-bond acceptors (Lipinski definition) is 3.